The summed E-state index contributed by atoms with van der Waals surface area (Å²) >= 11 is 0. The Kier molecular flexibility index (Phi) is 5.21. The zero-order valence-corrected chi connectivity index (χ0v) is 13.9. The standard InChI is InChI=1S/C17H21NO3S/c1-4-16(15-7-5-6-8-17(15)21-3)18-22(19,20)14-11-9-13(2)10-12-14/h5-12,16,18H,4H2,1-3H3/t16-/m1/s1. The average molecular weight is 319 g/mol. The maximum atomic E-state index is 12.5. The predicted octanol–water partition coefficient (Wildman–Crippen LogP) is 3.43. The molecule has 1 atom stereocenters. The number of para-hydroxylation sites is 1. The van der Waals surface area contributed by atoms with Gasteiger partial charge in [0, 0.05) is 5.56 Å². The summed E-state index contributed by atoms with van der Waals surface area (Å²) in [5, 5.41) is 0. The monoisotopic (exact) mass is 319 g/mol. The molecule has 118 valence electrons. The molecule has 2 aromatic rings. The van der Waals surface area contributed by atoms with Gasteiger partial charge in [0.05, 0.1) is 18.0 Å². The third-order valence-corrected chi connectivity index (χ3v) is 5.04. The molecule has 0 heterocycles. The Morgan fingerprint density at radius 3 is 2.32 bits per heavy atom. The molecule has 0 saturated heterocycles. The van der Waals surface area contributed by atoms with Crippen LogP contribution in [-0.2, 0) is 10.0 Å². The van der Waals surface area contributed by atoms with Crippen LogP contribution in [0.5, 0.6) is 5.75 Å². The van der Waals surface area contributed by atoms with Gasteiger partial charge in [-0.2, -0.15) is 0 Å². The maximum Gasteiger partial charge on any atom is 0.241 e. The van der Waals surface area contributed by atoms with Crippen molar-refractivity contribution in [1.82, 2.24) is 4.72 Å². The van der Waals surface area contributed by atoms with Gasteiger partial charge in [-0.05, 0) is 31.5 Å². The van der Waals surface area contributed by atoms with E-state index in [-0.39, 0.29) is 10.9 Å². The Morgan fingerprint density at radius 2 is 1.73 bits per heavy atom. The molecule has 0 spiro atoms. The summed E-state index contributed by atoms with van der Waals surface area (Å²) in [5.41, 5.74) is 1.86. The number of nitrogens with one attached hydrogen (secondary N) is 1. The zero-order valence-electron chi connectivity index (χ0n) is 13.0. The van der Waals surface area contributed by atoms with Crippen LogP contribution in [0.4, 0.5) is 0 Å². The zero-order chi connectivity index (χ0) is 16.2. The molecule has 5 heteroatoms. The number of sulfonamides is 1. The molecule has 0 fully saturated rings. The van der Waals surface area contributed by atoms with Crippen molar-refractivity contribution in [3.63, 3.8) is 0 Å². The van der Waals surface area contributed by atoms with Gasteiger partial charge in [0.1, 0.15) is 5.75 Å². The Balaban J connectivity index is 2.31. The topological polar surface area (TPSA) is 55.4 Å². The summed E-state index contributed by atoms with van der Waals surface area (Å²) in [6.45, 7) is 3.86. The van der Waals surface area contributed by atoms with Gasteiger partial charge >= 0.3 is 0 Å². The fourth-order valence-electron chi connectivity index (χ4n) is 2.29. The largest absolute Gasteiger partial charge is 0.496 e. The van der Waals surface area contributed by atoms with Crippen LogP contribution in [0.3, 0.4) is 0 Å². The first-order valence-electron chi connectivity index (χ1n) is 7.20. The quantitative estimate of drug-likeness (QED) is 0.887. The molecule has 0 bridgehead atoms. The van der Waals surface area contributed by atoms with E-state index in [4.69, 9.17) is 4.74 Å². The molecule has 22 heavy (non-hydrogen) atoms. The van der Waals surface area contributed by atoms with Crippen LogP contribution in [0.15, 0.2) is 53.4 Å². The molecule has 0 aromatic heterocycles. The minimum absolute atomic E-state index is 0.270. The first-order valence-corrected chi connectivity index (χ1v) is 8.68. The lowest BCUT2D eigenvalue weighted by molar-refractivity contribution is 0.402. The van der Waals surface area contributed by atoms with Gasteiger partial charge in [0.15, 0.2) is 0 Å². The Hall–Kier alpha value is -1.85. The Morgan fingerprint density at radius 1 is 1.09 bits per heavy atom. The third kappa shape index (κ3) is 3.67. The summed E-state index contributed by atoms with van der Waals surface area (Å²) in [6, 6.07) is 13.9. The smallest absolute Gasteiger partial charge is 0.241 e. The highest BCUT2D eigenvalue weighted by atomic mass is 32.2. The SMILES string of the molecule is CC[C@@H](NS(=O)(=O)c1ccc(C)cc1)c1ccccc1OC. The second kappa shape index (κ2) is 6.94. The van der Waals surface area contributed by atoms with Crippen molar-refractivity contribution in [3.8, 4) is 5.75 Å². The lowest BCUT2D eigenvalue weighted by Crippen LogP contribution is -2.28. The highest BCUT2D eigenvalue weighted by Gasteiger charge is 2.22. The first kappa shape index (κ1) is 16.5. The molecular weight excluding hydrogens is 298 g/mol. The fraction of sp³-hybridized carbons (Fsp3) is 0.294. The van der Waals surface area contributed by atoms with E-state index in [1.807, 2.05) is 38.1 Å². The van der Waals surface area contributed by atoms with Crippen LogP contribution in [-0.4, -0.2) is 15.5 Å². The highest BCUT2D eigenvalue weighted by molar-refractivity contribution is 7.89. The molecule has 0 aliphatic rings. The maximum absolute atomic E-state index is 12.5. The van der Waals surface area contributed by atoms with Crippen LogP contribution < -0.4 is 9.46 Å². The molecular formula is C17H21NO3S. The molecule has 0 aliphatic carbocycles. The van der Waals surface area contributed by atoms with Crippen LogP contribution in [0.2, 0.25) is 0 Å². The summed E-state index contributed by atoms with van der Waals surface area (Å²) in [4.78, 5) is 0.270. The number of ether oxygens (including phenoxy) is 1. The van der Waals surface area contributed by atoms with Crippen molar-refractivity contribution in [2.45, 2.75) is 31.2 Å². The van der Waals surface area contributed by atoms with Gasteiger partial charge in [-0.1, -0.05) is 42.8 Å². The van der Waals surface area contributed by atoms with Crippen molar-refractivity contribution >= 4 is 10.0 Å². The van der Waals surface area contributed by atoms with Gasteiger partial charge in [0.2, 0.25) is 10.0 Å². The van der Waals surface area contributed by atoms with E-state index in [9.17, 15) is 8.42 Å². The van der Waals surface area contributed by atoms with Crippen LogP contribution in [0.25, 0.3) is 0 Å². The molecule has 0 unspecified atom stereocenters. The van der Waals surface area contributed by atoms with Crippen LogP contribution in [0.1, 0.15) is 30.5 Å². The number of aryl methyl sites for hydroxylation is 1. The molecule has 2 rings (SSSR count). The first-order chi connectivity index (χ1) is 10.5. The fourth-order valence-corrected chi connectivity index (χ4v) is 3.59. The molecule has 4 nitrogen and oxygen atoms in total. The number of hydrogen-bond donors (Lipinski definition) is 1. The minimum atomic E-state index is -3.57. The van der Waals surface area contributed by atoms with Gasteiger partial charge in [0.25, 0.3) is 0 Å². The number of rotatable bonds is 6. The number of methoxy groups -OCH3 is 1. The average Bonchev–Trinajstić information content (AvgIpc) is 2.53. The van der Waals surface area contributed by atoms with E-state index >= 15 is 0 Å². The van der Waals surface area contributed by atoms with Crippen LogP contribution in [0, 0.1) is 6.92 Å². The summed E-state index contributed by atoms with van der Waals surface area (Å²) < 4.78 is 33.2. The normalized spacial score (nSPS) is 12.9. The van der Waals surface area contributed by atoms with Gasteiger partial charge in [-0.3, -0.25) is 0 Å². The second-order valence-electron chi connectivity index (χ2n) is 5.14. The Bertz CT molecular complexity index is 724. The van der Waals surface area contributed by atoms with Crippen molar-refractivity contribution in [2.24, 2.45) is 0 Å². The number of benzene rings is 2. The highest BCUT2D eigenvalue weighted by Crippen LogP contribution is 2.28. The molecule has 0 radical (unpaired) electrons. The summed E-state index contributed by atoms with van der Waals surface area (Å²) in [6.07, 6.45) is 0.630. The van der Waals surface area contributed by atoms with Gasteiger partial charge in [-0.15, -0.1) is 0 Å². The second-order valence-corrected chi connectivity index (χ2v) is 6.85. The Labute approximate surface area is 132 Å². The minimum Gasteiger partial charge on any atom is -0.496 e. The van der Waals surface area contributed by atoms with E-state index in [0.717, 1.165) is 11.1 Å². The molecule has 0 aliphatic heterocycles. The number of hydrogen-bond acceptors (Lipinski definition) is 3. The van der Waals surface area contributed by atoms with Crippen molar-refractivity contribution in [1.29, 1.82) is 0 Å². The molecule has 1 N–H and O–H groups in total. The third-order valence-electron chi connectivity index (χ3n) is 3.55. The molecule has 2 aromatic carbocycles. The predicted molar refractivity (Wildman–Crippen MR) is 87.5 cm³/mol. The van der Waals surface area contributed by atoms with E-state index in [1.54, 1.807) is 31.4 Å². The summed E-state index contributed by atoms with van der Waals surface area (Å²) in [5.74, 6) is 0.681. The summed E-state index contributed by atoms with van der Waals surface area (Å²) in [7, 11) is -1.98. The van der Waals surface area contributed by atoms with Gasteiger partial charge in [-0.25, -0.2) is 13.1 Å². The van der Waals surface area contributed by atoms with Crippen LogP contribution >= 0.6 is 0 Å². The van der Waals surface area contributed by atoms with Crippen molar-refractivity contribution < 1.29 is 13.2 Å². The van der Waals surface area contributed by atoms with E-state index < -0.39 is 10.0 Å². The lowest BCUT2D eigenvalue weighted by Gasteiger charge is -2.20. The van der Waals surface area contributed by atoms with E-state index in [0.29, 0.717) is 12.2 Å². The lowest BCUT2D eigenvalue weighted by atomic mass is 10.0. The van der Waals surface area contributed by atoms with E-state index in [2.05, 4.69) is 4.72 Å². The van der Waals surface area contributed by atoms with Crippen molar-refractivity contribution in [3.05, 3.63) is 59.7 Å². The van der Waals surface area contributed by atoms with Crippen molar-refractivity contribution in [2.75, 3.05) is 7.11 Å². The molecule has 0 saturated carbocycles. The molecule has 0 amide bonds. The van der Waals surface area contributed by atoms with E-state index in [1.165, 1.54) is 0 Å². The van der Waals surface area contributed by atoms with Gasteiger partial charge < -0.3 is 4.74 Å².